The van der Waals surface area contributed by atoms with Crippen molar-refractivity contribution in [3.05, 3.63) is 0 Å². The summed E-state index contributed by atoms with van der Waals surface area (Å²) in [6.07, 6.45) is 4.21. The molecular formula is C9H16O2. The van der Waals surface area contributed by atoms with Crippen molar-refractivity contribution in [1.82, 2.24) is 0 Å². The van der Waals surface area contributed by atoms with Gasteiger partial charge in [0, 0.05) is 12.3 Å². The minimum Gasteiger partial charge on any atom is -0.303 e. The summed E-state index contributed by atoms with van der Waals surface area (Å²) in [6.45, 7) is 3.58. The lowest BCUT2D eigenvalue weighted by Gasteiger charge is -2.04. The first kappa shape index (κ1) is 10.3. The Bertz CT molecular complexity index is 130. The molecule has 1 unspecified atom stereocenters. The molecule has 0 aliphatic heterocycles. The second-order valence-electron chi connectivity index (χ2n) is 2.90. The summed E-state index contributed by atoms with van der Waals surface area (Å²) in [5.41, 5.74) is 0. The largest absolute Gasteiger partial charge is 0.303 e. The summed E-state index contributed by atoms with van der Waals surface area (Å²) in [5.74, 6) is 0.375. The molecule has 0 saturated heterocycles. The Labute approximate surface area is 68.0 Å². The first-order valence-corrected chi connectivity index (χ1v) is 4.15. The van der Waals surface area contributed by atoms with E-state index >= 15 is 0 Å². The molecule has 0 fully saturated rings. The van der Waals surface area contributed by atoms with Crippen molar-refractivity contribution in [2.45, 2.75) is 39.5 Å². The molecule has 0 saturated carbocycles. The Morgan fingerprint density at radius 3 is 2.55 bits per heavy atom. The fourth-order valence-corrected chi connectivity index (χ4v) is 0.982. The van der Waals surface area contributed by atoms with E-state index in [0.29, 0.717) is 6.42 Å². The van der Waals surface area contributed by atoms with Gasteiger partial charge in [0.05, 0.1) is 0 Å². The lowest BCUT2D eigenvalue weighted by atomic mass is 10.0. The minimum absolute atomic E-state index is 0.161. The number of carbonyl (C=O) groups is 2. The van der Waals surface area contributed by atoms with Gasteiger partial charge in [-0.2, -0.15) is 0 Å². The van der Waals surface area contributed by atoms with E-state index in [2.05, 4.69) is 0 Å². The van der Waals surface area contributed by atoms with E-state index in [1.165, 1.54) is 0 Å². The Balaban J connectivity index is 3.35. The summed E-state index contributed by atoms with van der Waals surface area (Å²) in [4.78, 5) is 20.8. The molecule has 0 aliphatic carbocycles. The third-order valence-electron chi connectivity index (χ3n) is 1.82. The van der Waals surface area contributed by atoms with E-state index in [4.69, 9.17) is 0 Å². The van der Waals surface area contributed by atoms with Crippen molar-refractivity contribution in [1.29, 1.82) is 0 Å². The van der Waals surface area contributed by atoms with E-state index in [1.54, 1.807) is 6.92 Å². The normalized spacial score (nSPS) is 12.5. The molecule has 0 N–H and O–H groups in total. The molecule has 64 valence electrons. The predicted molar refractivity (Wildman–Crippen MR) is 44.4 cm³/mol. The molecule has 0 heterocycles. The van der Waals surface area contributed by atoms with Gasteiger partial charge >= 0.3 is 0 Å². The zero-order valence-electron chi connectivity index (χ0n) is 7.30. The van der Waals surface area contributed by atoms with Crippen molar-refractivity contribution in [3.63, 3.8) is 0 Å². The van der Waals surface area contributed by atoms with Crippen LogP contribution in [-0.2, 0) is 9.59 Å². The number of hydrogen-bond donors (Lipinski definition) is 0. The van der Waals surface area contributed by atoms with Crippen LogP contribution in [-0.4, -0.2) is 12.1 Å². The fourth-order valence-electron chi connectivity index (χ4n) is 0.982. The van der Waals surface area contributed by atoms with Gasteiger partial charge in [-0.15, -0.1) is 0 Å². The van der Waals surface area contributed by atoms with Crippen molar-refractivity contribution >= 4 is 12.1 Å². The van der Waals surface area contributed by atoms with E-state index in [9.17, 15) is 9.59 Å². The van der Waals surface area contributed by atoms with Gasteiger partial charge in [-0.25, -0.2) is 0 Å². The zero-order valence-corrected chi connectivity index (χ0v) is 7.30. The van der Waals surface area contributed by atoms with Crippen LogP contribution in [0.1, 0.15) is 39.5 Å². The predicted octanol–water partition coefficient (Wildman–Crippen LogP) is 1.97. The second-order valence-corrected chi connectivity index (χ2v) is 2.90. The number of carbonyl (C=O) groups excluding carboxylic acids is 2. The number of hydrogen-bond acceptors (Lipinski definition) is 2. The molecule has 0 aromatic rings. The number of Topliss-reactive ketones (excluding diaryl/α,β-unsaturated/α-hetero) is 1. The average molecular weight is 156 g/mol. The number of aldehydes is 1. The highest BCUT2D eigenvalue weighted by molar-refractivity contribution is 5.75. The van der Waals surface area contributed by atoms with E-state index in [0.717, 1.165) is 25.5 Å². The Kier molecular flexibility index (Phi) is 5.71. The van der Waals surface area contributed by atoms with Gasteiger partial charge in [0.1, 0.15) is 12.1 Å². The van der Waals surface area contributed by atoms with Crippen molar-refractivity contribution < 1.29 is 9.59 Å². The van der Waals surface area contributed by atoms with E-state index in [1.807, 2.05) is 6.92 Å². The van der Waals surface area contributed by atoms with Gasteiger partial charge in [0.15, 0.2) is 0 Å². The van der Waals surface area contributed by atoms with Crippen LogP contribution in [0, 0.1) is 5.92 Å². The summed E-state index contributed by atoms with van der Waals surface area (Å²) in [7, 11) is 0. The van der Waals surface area contributed by atoms with E-state index in [-0.39, 0.29) is 11.7 Å². The molecule has 0 spiro atoms. The summed E-state index contributed by atoms with van der Waals surface area (Å²) < 4.78 is 0. The van der Waals surface area contributed by atoms with Gasteiger partial charge in [-0.3, -0.25) is 0 Å². The van der Waals surface area contributed by atoms with Crippen molar-refractivity contribution in [2.24, 2.45) is 5.92 Å². The molecule has 2 nitrogen and oxygen atoms in total. The smallest absolute Gasteiger partial charge is 0.129 e. The maximum Gasteiger partial charge on any atom is 0.129 e. The lowest BCUT2D eigenvalue weighted by Crippen LogP contribution is -2.01. The maximum absolute atomic E-state index is 10.5. The number of ketones is 1. The Hall–Kier alpha value is -0.660. The fraction of sp³-hybridized carbons (Fsp3) is 0.778. The lowest BCUT2D eigenvalue weighted by molar-refractivity contribution is -0.117. The third kappa shape index (κ3) is 5.77. The van der Waals surface area contributed by atoms with E-state index < -0.39 is 0 Å². The molecule has 0 rings (SSSR count). The minimum atomic E-state index is 0.161. The molecule has 2 heteroatoms. The highest BCUT2D eigenvalue weighted by Gasteiger charge is 2.03. The maximum atomic E-state index is 10.5. The van der Waals surface area contributed by atoms with Gasteiger partial charge in [0.2, 0.25) is 0 Å². The molecular weight excluding hydrogens is 140 g/mol. The first-order valence-electron chi connectivity index (χ1n) is 4.15. The molecule has 0 aromatic carbocycles. The summed E-state index contributed by atoms with van der Waals surface area (Å²) in [5, 5.41) is 0. The van der Waals surface area contributed by atoms with Crippen LogP contribution in [0.2, 0.25) is 0 Å². The average Bonchev–Trinajstić information content (AvgIpc) is 1.98. The summed E-state index contributed by atoms with van der Waals surface area (Å²) in [6, 6.07) is 0. The first-order chi connectivity index (χ1) is 5.20. The monoisotopic (exact) mass is 156 g/mol. The highest BCUT2D eigenvalue weighted by atomic mass is 16.1. The third-order valence-corrected chi connectivity index (χ3v) is 1.82. The zero-order chi connectivity index (χ0) is 8.69. The molecule has 0 radical (unpaired) electrons. The van der Waals surface area contributed by atoms with Crippen LogP contribution in [0.3, 0.4) is 0 Å². The van der Waals surface area contributed by atoms with Crippen LogP contribution in [0.5, 0.6) is 0 Å². The van der Waals surface area contributed by atoms with Crippen LogP contribution in [0.15, 0.2) is 0 Å². The van der Waals surface area contributed by atoms with Crippen molar-refractivity contribution in [2.75, 3.05) is 0 Å². The molecule has 0 bridgehead atoms. The standard InChI is InChI=1S/C9H16O2/c1-3-9(7-10)6-4-5-8(2)11/h7,9H,3-6H2,1-2H3. The highest BCUT2D eigenvalue weighted by Crippen LogP contribution is 2.09. The van der Waals surface area contributed by atoms with Gasteiger partial charge in [-0.1, -0.05) is 6.92 Å². The molecule has 0 aromatic heterocycles. The van der Waals surface area contributed by atoms with Crippen LogP contribution < -0.4 is 0 Å². The topological polar surface area (TPSA) is 34.1 Å². The van der Waals surface area contributed by atoms with Crippen molar-refractivity contribution in [3.8, 4) is 0 Å². The molecule has 0 amide bonds. The van der Waals surface area contributed by atoms with Crippen LogP contribution in [0.25, 0.3) is 0 Å². The SMILES string of the molecule is CCC(C=O)CCCC(C)=O. The van der Waals surface area contributed by atoms with Crippen LogP contribution in [0.4, 0.5) is 0 Å². The quantitative estimate of drug-likeness (QED) is 0.551. The Morgan fingerprint density at radius 1 is 1.55 bits per heavy atom. The molecule has 0 aliphatic rings. The van der Waals surface area contributed by atoms with Gasteiger partial charge < -0.3 is 9.59 Å². The van der Waals surface area contributed by atoms with Gasteiger partial charge in [-0.05, 0) is 26.2 Å². The summed E-state index contributed by atoms with van der Waals surface area (Å²) >= 11 is 0. The Morgan fingerprint density at radius 2 is 2.18 bits per heavy atom. The second kappa shape index (κ2) is 6.08. The number of rotatable bonds is 6. The molecule has 11 heavy (non-hydrogen) atoms. The van der Waals surface area contributed by atoms with Gasteiger partial charge in [0.25, 0.3) is 0 Å². The molecule has 1 atom stereocenters. The van der Waals surface area contributed by atoms with Crippen LogP contribution >= 0.6 is 0 Å².